The molecule has 1 N–H and O–H groups in total. The fraction of sp³-hybridized carbons (Fsp3) is 0.391. The first-order valence-corrected chi connectivity index (χ1v) is 13.7. The van der Waals surface area contributed by atoms with Crippen LogP contribution in [0.25, 0.3) is 0 Å². The van der Waals surface area contributed by atoms with E-state index in [0.29, 0.717) is 28.6 Å². The molecule has 2 aromatic rings. The van der Waals surface area contributed by atoms with Gasteiger partial charge in [-0.2, -0.15) is 0 Å². The van der Waals surface area contributed by atoms with Crippen LogP contribution in [0.1, 0.15) is 25.8 Å². The number of ether oxygens (including phenoxy) is 1. The van der Waals surface area contributed by atoms with Gasteiger partial charge in [-0.1, -0.05) is 47.8 Å². The molecule has 8 nitrogen and oxygen atoms in total. The minimum atomic E-state index is -3.94. The van der Waals surface area contributed by atoms with Crippen molar-refractivity contribution in [3.63, 3.8) is 0 Å². The van der Waals surface area contributed by atoms with Gasteiger partial charge in [0.05, 0.1) is 29.1 Å². The quantitative estimate of drug-likeness (QED) is 0.437. The van der Waals surface area contributed by atoms with Crippen molar-refractivity contribution >= 4 is 62.3 Å². The van der Waals surface area contributed by atoms with Gasteiger partial charge in [0.2, 0.25) is 21.8 Å². The molecule has 0 aliphatic rings. The lowest BCUT2D eigenvalue weighted by molar-refractivity contribution is -0.140. The Hall–Kier alpha value is -2.20. The fourth-order valence-corrected chi connectivity index (χ4v) is 4.83. The van der Waals surface area contributed by atoms with Crippen LogP contribution in [0.15, 0.2) is 36.4 Å². The smallest absolute Gasteiger partial charge is 0.244 e. The summed E-state index contributed by atoms with van der Waals surface area (Å²) in [7, 11) is -2.55. The van der Waals surface area contributed by atoms with Gasteiger partial charge < -0.3 is 15.0 Å². The summed E-state index contributed by atoms with van der Waals surface area (Å²) in [6.07, 6.45) is 1.28. The van der Waals surface area contributed by atoms with E-state index >= 15 is 0 Å². The molecule has 0 bridgehead atoms. The van der Waals surface area contributed by atoms with Gasteiger partial charge in [0, 0.05) is 18.1 Å². The topological polar surface area (TPSA) is 96.0 Å². The van der Waals surface area contributed by atoms with Gasteiger partial charge in [-0.15, -0.1) is 0 Å². The standard InChI is InChI=1S/C23H28Cl3N3O5S/c1-5-19(23(31)27-6-2)28(13-15-7-9-17(25)18(26)11-15)22(30)14-29(35(4,32)33)20-12-16(24)8-10-21(20)34-3/h7-12,19H,5-6,13-14H2,1-4H3,(H,27,31)/t19-/m0/s1. The number of anilines is 1. The molecule has 0 saturated carbocycles. The van der Waals surface area contributed by atoms with Crippen LogP contribution >= 0.6 is 34.8 Å². The van der Waals surface area contributed by atoms with Gasteiger partial charge in [-0.05, 0) is 49.2 Å². The van der Waals surface area contributed by atoms with Crippen LogP contribution in [0, 0.1) is 0 Å². The highest BCUT2D eigenvalue weighted by Gasteiger charge is 2.32. The van der Waals surface area contributed by atoms with Gasteiger partial charge in [-0.25, -0.2) is 8.42 Å². The van der Waals surface area contributed by atoms with Crippen molar-refractivity contribution in [1.82, 2.24) is 10.2 Å². The van der Waals surface area contributed by atoms with E-state index in [-0.39, 0.29) is 28.9 Å². The zero-order valence-electron chi connectivity index (χ0n) is 19.8. The van der Waals surface area contributed by atoms with E-state index in [9.17, 15) is 18.0 Å². The molecule has 192 valence electrons. The number of carbonyl (C=O) groups is 2. The van der Waals surface area contributed by atoms with Crippen LogP contribution in [-0.2, 0) is 26.2 Å². The molecule has 0 saturated heterocycles. The Labute approximate surface area is 221 Å². The van der Waals surface area contributed by atoms with Crippen molar-refractivity contribution in [2.75, 3.05) is 30.8 Å². The number of amides is 2. The van der Waals surface area contributed by atoms with E-state index < -0.39 is 28.5 Å². The van der Waals surface area contributed by atoms with Crippen molar-refractivity contribution in [3.05, 3.63) is 57.0 Å². The number of benzene rings is 2. The number of hydrogen-bond donors (Lipinski definition) is 1. The lowest BCUT2D eigenvalue weighted by Gasteiger charge is -2.33. The molecule has 0 unspecified atom stereocenters. The second-order valence-electron chi connectivity index (χ2n) is 7.67. The molecule has 12 heteroatoms. The lowest BCUT2D eigenvalue weighted by Crippen LogP contribution is -2.52. The Bertz CT molecular complexity index is 1180. The largest absolute Gasteiger partial charge is 0.495 e. The minimum Gasteiger partial charge on any atom is -0.495 e. The van der Waals surface area contributed by atoms with Crippen molar-refractivity contribution < 1.29 is 22.7 Å². The van der Waals surface area contributed by atoms with E-state index in [1.54, 1.807) is 38.1 Å². The summed E-state index contributed by atoms with van der Waals surface area (Å²) in [5, 5.41) is 3.64. The number of halogens is 3. The molecule has 2 amide bonds. The predicted octanol–water partition coefficient (Wildman–Crippen LogP) is 4.36. The average Bonchev–Trinajstić information content (AvgIpc) is 2.79. The summed E-state index contributed by atoms with van der Waals surface area (Å²) in [5.41, 5.74) is 0.734. The number of likely N-dealkylation sites (N-methyl/N-ethyl adjacent to an activating group) is 1. The first-order chi connectivity index (χ1) is 16.4. The number of methoxy groups -OCH3 is 1. The molecular formula is C23H28Cl3N3O5S. The van der Waals surface area contributed by atoms with Crippen molar-refractivity contribution in [1.29, 1.82) is 0 Å². The van der Waals surface area contributed by atoms with Crippen molar-refractivity contribution in [2.24, 2.45) is 0 Å². The summed E-state index contributed by atoms with van der Waals surface area (Å²) < 4.78 is 31.7. The maximum atomic E-state index is 13.6. The average molecular weight is 565 g/mol. The molecule has 0 aliphatic heterocycles. The highest BCUT2D eigenvalue weighted by Crippen LogP contribution is 2.33. The van der Waals surface area contributed by atoms with Gasteiger partial charge in [0.25, 0.3) is 0 Å². The Kier molecular flexibility index (Phi) is 10.5. The number of sulfonamides is 1. The van der Waals surface area contributed by atoms with Crippen LogP contribution in [0.5, 0.6) is 5.75 Å². The van der Waals surface area contributed by atoms with Gasteiger partial charge in [0.15, 0.2) is 0 Å². The van der Waals surface area contributed by atoms with Crippen molar-refractivity contribution in [3.8, 4) is 5.75 Å². The summed E-state index contributed by atoms with van der Waals surface area (Å²) in [4.78, 5) is 27.8. The lowest BCUT2D eigenvalue weighted by atomic mass is 10.1. The van der Waals surface area contributed by atoms with Crippen molar-refractivity contribution in [2.45, 2.75) is 32.9 Å². The maximum Gasteiger partial charge on any atom is 0.244 e. The molecule has 0 heterocycles. The third-order valence-electron chi connectivity index (χ3n) is 5.16. The summed E-state index contributed by atoms with van der Waals surface area (Å²) >= 11 is 18.3. The van der Waals surface area contributed by atoms with E-state index in [0.717, 1.165) is 10.6 Å². The predicted molar refractivity (Wildman–Crippen MR) is 140 cm³/mol. The normalized spacial score (nSPS) is 12.1. The number of hydrogen-bond acceptors (Lipinski definition) is 5. The highest BCUT2D eigenvalue weighted by atomic mass is 35.5. The zero-order chi connectivity index (χ0) is 26.3. The minimum absolute atomic E-state index is 0.00957. The first-order valence-electron chi connectivity index (χ1n) is 10.7. The van der Waals surface area contributed by atoms with E-state index in [2.05, 4.69) is 5.32 Å². The Morgan fingerprint density at radius 3 is 2.29 bits per heavy atom. The summed E-state index contributed by atoms with van der Waals surface area (Å²) in [6, 6.07) is 8.49. The molecule has 0 radical (unpaired) electrons. The molecule has 2 rings (SSSR count). The van der Waals surface area contributed by atoms with Gasteiger partial charge in [0.1, 0.15) is 18.3 Å². The summed E-state index contributed by atoms with van der Waals surface area (Å²) in [5.74, 6) is -0.726. The van der Waals surface area contributed by atoms with E-state index in [1.165, 1.54) is 24.1 Å². The fourth-order valence-electron chi connectivity index (χ4n) is 3.50. The van der Waals surface area contributed by atoms with Crippen LogP contribution in [0.2, 0.25) is 15.1 Å². The number of rotatable bonds is 11. The molecule has 2 aromatic carbocycles. The van der Waals surface area contributed by atoms with Gasteiger partial charge in [-0.3, -0.25) is 13.9 Å². The first kappa shape index (κ1) is 29.0. The summed E-state index contributed by atoms with van der Waals surface area (Å²) in [6.45, 7) is 3.34. The third-order valence-corrected chi connectivity index (χ3v) is 7.26. The SMILES string of the molecule is CCNC(=O)[C@H](CC)N(Cc1ccc(Cl)c(Cl)c1)C(=O)CN(c1cc(Cl)ccc1OC)S(C)(=O)=O. The number of nitrogens with one attached hydrogen (secondary N) is 1. The van der Waals surface area contributed by atoms with E-state index in [1.807, 2.05) is 0 Å². The number of nitrogens with zero attached hydrogens (tertiary/aromatic N) is 2. The molecular weight excluding hydrogens is 537 g/mol. The second kappa shape index (κ2) is 12.7. The van der Waals surface area contributed by atoms with E-state index in [4.69, 9.17) is 39.5 Å². The van der Waals surface area contributed by atoms with Crippen LogP contribution in [0.4, 0.5) is 5.69 Å². The maximum absolute atomic E-state index is 13.6. The number of carbonyl (C=O) groups excluding carboxylic acids is 2. The van der Waals surface area contributed by atoms with Crippen LogP contribution in [-0.4, -0.2) is 57.6 Å². The Balaban J connectivity index is 2.52. The molecule has 0 aromatic heterocycles. The zero-order valence-corrected chi connectivity index (χ0v) is 22.9. The molecule has 0 fully saturated rings. The second-order valence-corrected chi connectivity index (χ2v) is 10.8. The van der Waals surface area contributed by atoms with Crippen LogP contribution in [0.3, 0.4) is 0 Å². The highest BCUT2D eigenvalue weighted by molar-refractivity contribution is 7.92. The molecule has 0 spiro atoms. The Morgan fingerprint density at radius 1 is 1.06 bits per heavy atom. The monoisotopic (exact) mass is 563 g/mol. The molecule has 35 heavy (non-hydrogen) atoms. The molecule has 1 atom stereocenters. The van der Waals surface area contributed by atoms with Gasteiger partial charge >= 0.3 is 0 Å². The molecule has 0 aliphatic carbocycles. The Morgan fingerprint density at radius 2 is 1.74 bits per heavy atom. The third kappa shape index (κ3) is 7.64. The van der Waals surface area contributed by atoms with Crippen LogP contribution < -0.4 is 14.4 Å².